The van der Waals surface area contributed by atoms with Gasteiger partial charge in [-0.2, -0.15) is 0 Å². The first-order valence-electron chi connectivity index (χ1n) is 9.11. The highest BCUT2D eigenvalue weighted by Crippen LogP contribution is 2.33. The maximum atomic E-state index is 13.2. The molecule has 146 valence electrons. The molecule has 0 atom stereocenters. The summed E-state index contributed by atoms with van der Waals surface area (Å²) in [5.41, 5.74) is 0.840. The van der Waals surface area contributed by atoms with Crippen LogP contribution in [-0.2, 0) is 9.53 Å². The predicted molar refractivity (Wildman–Crippen MR) is 115 cm³/mol. The van der Waals surface area contributed by atoms with Crippen molar-refractivity contribution in [2.75, 3.05) is 38.3 Å². The average molecular weight is 417 g/mol. The Kier molecular flexibility index (Phi) is 5.47. The Morgan fingerprint density at radius 1 is 1.29 bits per heavy atom. The van der Waals surface area contributed by atoms with Crippen LogP contribution < -0.4 is 10.5 Å². The molecule has 0 aliphatic carbocycles. The number of aromatic nitrogens is 2. The number of hydrogen-bond acceptors (Lipinski definition) is 7. The first-order chi connectivity index (χ1) is 13.6. The molecule has 1 amide bonds. The number of ether oxygens (including phenoxy) is 1. The molecule has 0 spiro atoms. The minimum Gasteiger partial charge on any atom is -0.383 e. The van der Waals surface area contributed by atoms with Crippen molar-refractivity contribution in [2.45, 2.75) is 12.8 Å². The molecule has 0 N–H and O–H groups in total. The van der Waals surface area contributed by atoms with E-state index in [1.165, 1.54) is 21.1 Å². The Labute approximate surface area is 172 Å². The number of thiocarbonyl (C=S) groups is 1. The number of thioether (sulfide) groups is 1. The van der Waals surface area contributed by atoms with Crippen molar-refractivity contribution < 1.29 is 9.53 Å². The van der Waals surface area contributed by atoms with Crippen LogP contribution in [-0.4, -0.2) is 57.9 Å². The van der Waals surface area contributed by atoms with Crippen LogP contribution in [0.5, 0.6) is 0 Å². The SMILES string of the molecule is COCCN1C(=O)C(=Cc2c(N3CCCC3)nc3ccccn3c2=O)SC1=S. The van der Waals surface area contributed by atoms with E-state index >= 15 is 0 Å². The molecule has 7 nitrogen and oxygen atoms in total. The van der Waals surface area contributed by atoms with Gasteiger partial charge < -0.3 is 9.64 Å². The van der Waals surface area contributed by atoms with E-state index in [0.29, 0.717) is 39.4 Å². The Morgan fingerprint density at radius 2 is 2.07 bits per heavy atom. The summed E-state index contributed by atoms with van der Waals surface area (Å²) in [4.78, 5) is 34.8. The predicted octanol–water partition coefficient (Wildman–Crippen LogP) is 2.14. The zero-order valence-corrected chi connectivity index (χ0v) is 17.1. The largest absolute Gasteiger partial charge is 0.383 e. The van der Waals surface area contributed by atoms with E-state index in [1.807, 2.05) is 12.1 Å². The first-order valence-corrected chi connectivity index (χ1v) is 10.3. The molecule has 0 radical (unpaired) electrons. The average Bonchev–Trinajstić information content (AvgIpc) is 3.32. The van der Waals surface area contributed by atoms with Gasteiger partial charge in [-0.3, -0.25) is 18.9 Å². The van der Waals surface area contributed by atoms with Crippen molar-refractivity contribution >= 4 is 51.7 Å². The second-order valence-electron chi connectivity index (χ2n) is 6.60. The number of carbonyl (C=O) groups is 1. The van der Waals surface area contributed by atoms with Crippen LogP contribution in [0, 0.1) is 0 Å². The fourth-order valence-electron chi connectivity index (χ4n) is 3.39. The second-order valence-corrected chi connectivity index (χ2v) is 8.28. The minimum absolute atomic E-state index is 0.186. The number of carbonyl (C=O) groups excluding carboxylic acids is 1. The molecule has 2 saturated heterocycles. The smallest absolute Gasteiger partial charge is 0.267 e. The molecular formula is C19H20N4O3S2. The number of amides is 1. The lowest BCUT2D eigenvalue weighted by Gasteiger charge is -2.19. The minimum atomic E-state index is -0.197. The Hall–Kier alpha value is -2.23. The quantitative estimate of drug-likeness (QED) is 0.546. The number of nitrogens with zero attached hydrogens (tertiary/aromatic N) is 4. The number of hydrogen-bond donors (Lipinski definition) is 0. The lowest BCUT2D eigenvalue weighted by Crippen LogP contribution is -2.31. The number of rotatable bonds is 5. The number of pyridine rings is 1. The molecule has 2 aliphatic rings. The summed E-state index contributed by atoms with van der Waals surface area (Å²) in [6, 6.07) is 5.46. The van der Waals surface area contributed by atoms with Crippen LogP contribution in [0.25, 0.3) is 11.7 Å². The van der Waals surface area contributed by atoms with Gasteiger partial charge in [0, 0.05) is 26.4 Å². The summed E-state index contributed by atoms with van der Waals surface area (Å²) in [5, 5.41) is 0. The molecule has 2 fully saturated rings. The van der Waals surface area contributed by atoms with Crippen molar-refractivity contribution in [1.82, 2.24) is 14.3 Å². The van der Waals surface area contributed by atoms with Gasteiger partial charge in [-0.25, -0.2) is 4.98 Å². The third kappa shape index (κ3) is 3.45. The molecule has 0 aromatic carbocycles. The molecule has 0 bridgehead atoms. The van der Waals surface area contributed by atoms with Gasteiger partial charge in [-0.05, 0) is 31.1 Å². The van der Waals surface area contributed by atoms with Crippen LogP contribution in [0.4, 0.5) is 5.82 Å². The lowest BCUT2D eigenvalue weighted by molar-refractivity contribution is -0.122. The summed E-state index contributed by atoms with van der Waals surface area (Å²) < 4.78 is 7.04. The van der Waals surface area contributed by atoms with Crippen molar-refractivity contribution in [3.63, 3.8) is 0 Å². The van der Waals surface area contributed by atoms with E-state index in [9.17, 15) is 9.59 Å². The monoisotopic (exact) mass is 416 g/mol. The van der Waals surface area contributed by atoms with Gasteiger partial charge in [0.1, 0.15) is 15.8 Å². The second kappa shape index (κ2) is 8.02. The highest BCUT2D eigenvalue weighted by Gasteiger charge is 2.32. The zero-order valence-electron chi connectivity index (χ0n) is 15.5. The third-order valence-corrected chi connectivity index (χ3v) is 6.20. The van der Waals surface area contributed by atoms with E-state index in [1.54, 1.807) is 25.4 Å². The molecule has 0 saturated carbocycles. The van der Waals surface area contributed by atoms with Gasteiger partial charge in [-0.1, -0.05) is 30.0 Å². The van der Waals surface area contributed by atoms with Gasteiger partial charge in [0.25, 0.3) is 11.5 Å². The number of fused-ring (bicyclic) bond motifs is 1. The van der Waals surface area contributed by atoms with Gasteiger partial charge in [-0.15, -0.1) is 0 Å². The molecule has 2 aliphatic heterocycles. The fraction of sp³-hybridized carbons (Fsp3) is 0.368. The van der Waals surface area contributed by atoms with Gasteiger partial charge in [0.15, 0.2) is 0 Å². The first kappa shape index (κ1) is 19.1. The van der Waals surface area contributed by atoms with E-state index < -0.39 is 0 Å². The molecule has 4 heterocycles. The molecule has 28 heavy (non-hydrogen) atoms. The zero-order chi connectivity index (χ0) is 19.7. The topological polar surface area (TPSA) is 67.2 Å². The molecule has 2 aromatic heterocycles. The standard InChI is InChI=1S/C19H20N4O3S2/c1-26-11-10-23-18(25)14(28-19(23)27)12-13-16(21-7-4-5-8-21)20-15-6-2-3-9-22(15)17(13)24/h2-3,6,9,12H,4-5,7-8,10-11H2,1H3. The van der Waals surface area contributed by atoms with Crippen LogP contribution >= 0.6 is 24.0 Å². The van der Waals surface area contributed by atoms with Crippen LogP contribution in [0.2, 0.25) is 0 Å². The van der Waals surface area contributed by atoms with Crippen molar-refractivity contribution in [3.05, 3.63) is 45.2 Å². The summed E-state index contributed by atoms with van der Waals surface area (Å²) in [6.07, 6.45) is 5.47. The molecule has 9 heteroatoms. The highest BCUT2D eigenvalue weighted by molar-refractivity contribution is 8.26. The van der Waals surface area contributed by atoms with E-state index in [0.717, 1.165) is 25.9 Å². The Bertz CT molecular complexity index is 1030. The molecule has 4 rings (SSSR count). The van der Waals surface area contributed by atoms with Crippen LogP contribution in [0.1, 0.15) is 18.4 Å². The van der Waals surface area contributed by atoms with E-state index in [-0.39, 0.29) is 11.5 Å². The maximum Gasteiger partial charge on any atom is 0.267 e. The lowest BCUT2D eigenvalue weighted by atomic mass is 10.2. The van der Waals surface area contributed by atoms with Gasteiger partial charge >= 0.3 is 0 Å². The third-order valence-electron chi connectivity index (χ3n) is 4.82. The Balaban J connectivity index is 1.81. The van der Waals surface area contributed by atoms with Crippen molar-refractivity contribution in [1.29, 1.82) is 0 Å². The Morgan fingerprint density at radius 3 is 2.82 bits per heavy atom. The number of anilines is 1. The highest BCUT2D eigenvalue weighted by atomic mass is 32.2. The summed E-state index contributed by atoms with van der Waals surface area (Å²) in [5.74, 6) is 0.438. The normalized spacial score (nSPS) is 18.8. The van der Waals surface area contributed by atoms with E-state index in [4.69, 9.17) is 21.9 Å². The van der Waals surface area contributed by atoms with Gasteiger partial charge in [0.05, 0.1) is 23.6 Å². The van der Waals surface area contributed by atoms with Crippen LogP contribution in [0.3, 0.4) is 0 Å². The molecule has 0 unspecified atom stereocenters. The maximum absolute atomic E-state index is 13.2. The van der Waals surface area contributed by atoms with Crippen LogP contribution in [0.15, 0.2) is 34.1 Å². The summed E-state index contributed by atoms with van der Waals surface area (Å²) >= 11 is 6.55. The van der Waals surface area contributed by atoms with E-state index in [2.05, 4.69) is 4.90 Å². The van der Waals surface area contributed by atoms with Gasteiger partial charge in [0.2, 0.25) is 0 Å². The van der Waals surface area contributed by atoms with Crippen molar-refractivity contribution in [3.8, 4) is 0 Å². The summed E-state index contributed by atoms with van der Waals surface area (Å²) in [7, 11) is 1.58. The molecule has 2 aromatic rings. The fourth-order valence-corrected chi connectivity index (χ4v) is 4.68. The van der Waals surface area contributed by atoms with Crippen molar-refractivity contribution in [2.24, 2.45) is 0 Å². The number of methoxy groups -OCH3 is 1. The summed E-state index contributed by atoms with van der Waals surface area (Å²) in [6.45, 7) is 2.50. The molecular weight excluding hydrogens is 396 g/mol.